The van der Waals surface area contributed by atoms with Crippen LogP contribution in [-0.2, 0) is 11.3 Å². The zero-order valence-corrected chi connectivity index (χ0v) is 7.90. The van der Waals surface area contributed by atoms with Crippen LogP contribution in [0.4, 0.5) is 0 Å². The molecule has 0 saturated heterocycles. The third-order valence-corrected chi connectivity index (χ3v) is 1.98. The van der Waals surface area contributed by atoms with Crippen LogP contribution in [0.2, 0.25) is 0 Å². The summed E-state index contributed by atoms with van der Waals surface area (Å²) in [7, 11) is 0. The SMILES string of the molecule is CCCn1cc(C(C)C(=O)O)cn1. The molecule has 4 heteroatoms. The second-order valence-corrected chi connectivity index (χ2v) is 3.10. The molecule has 0 saturated carbocycles. The predicted octanol–water partition coefficient (Wildman–Crippen LogP) is 1.48. The molecule has 1 aromatic rings. The van der Waals surface area contributed by atoms with Crippen molar-refractivity contribution in [2.24, 2.45) is 0 Å². The summed E-state index contributed by atoms with van der Waals surface area (Å²) in [4.78, 5) is 10.6. The lowest BCUT2D eigenvalue weighted by Gasteiger charge is -2.00. The summed E-state index contributed by atoms with van der Waals surface area (Å²) in [6, 6.07) is 0. The van der Waals surface area contributed by atoms with Crippen LogP contribution in [-0.4, -0.2) is 20.9 Å². The second-order valence-electron chi connectivity index (χ2n) is 3.10. The van der Waals surface area contributed by atoms with E-state index in [0.29, 0.717) is 0 Å². The molecule has 0 aromatic carbocycles. The van der Waals surface area contributed by atoms with E-state index in [9.17, 15) is 4.79 Å². The zero-order chi connectivity index (χ0) is 9.84. The highest BCUT2D eigenvalue weighted by Crippen LogP contribution is 2.13. The predicted molar refractivity (Wildman–Crippen MR) is 48.6 cm³/mol. The highest BCUT2D eigenvalue weighted by molar-refractivity contribution is 5.75. The quantitative estimate of drug-likeness (QED) is 0.767. The standard InChI is InChI=1S/C9H14N2O2/c1-3-4-11-6-8(5-10-11)7(2)9(12)13/h5-7H,3-4H2,1-2H3,(H,12,13). The highest BCUT2D eigenvalue weighted by atomic mass is 16.4. The summed E-state index contributed by atoms with van der Waals surface area (Å²) in [5, 5.41) is 12.8. The van der Waals surface area contributed by atoms with Gasteiger partial charge in [0.2, 0.25) is 0 Å². The normalized spacial score (nSPS) is 12.8. The molecule has 0 aliphatic carbocycles. The van der Waals surface area contributed by atoms with Gasteiger partial charge in [-0.1, -0.05) is 6.92 Å². The van der Waals surface area contributed by atoms with Crippen molar-refractivity contribution in [2.75, 3.05) is 0 Å². The Morgan fingerprint density at radius 1 is 1.77 bits per heavy atom. The number of rotatable bonds is 4. The third-order valence-electron chi connectivity index (χ3n) is 1.98. The van der Waals surface area contributed by atoms with Gasteiger partial charge in [0.1, 0.15) is 0 Å². The van der Waals surface area contributed by atoms with Crippen LogP contribution >= 0.6 is 0 Å². The number of hydrogen-bond donors (Lipinski definition) is 1. The Labute approximate surface area is 77.2 Å². The molecular formula is C9H14N2O2. The number of aromatic nitrogens is 2. The van der Waals surface area contributed by atoms with E-state index in [0.717, 1.165) is 18.5 Å². The van der Waals surface area contributed by atoms with E-state index in [2.05, 4.69) is 12.0 Å². The van der Waals surface area contributed by atoms with Crippen molar-refractivity contribution in [3.63, 3.8) is 0 Å². The van der Waals surface area contributed by atoms with E-state index >= 15 is 0 Å². The van der Waals surface area contributed by atoms with Crippen LogP contribution in [0.15, 0.2) is 12.4 Å². The molecular weight excluding hydrogens is 168 g/mol. The average Bonchev–Trinajstić information content (AvgIpc) is 2.52. The maximum Gasteiger partial charge on any atom is 0.310 e. The molecule has 72 valence electrons. The topological polar surface area (TPSA) is 55.1 Å². The number of nitrogens with zero attached hydrogens (tertiary/aromatic N) is 2. The molecule has 4 nitrogen and oxygen atoms in total. The van der Waals surface area contributed by atoms with E-state index < -0.39 is 11.9 Å². The van der Waals surface area contributed by atoms with E-state index in [-0.39, 0.29) is 0 Å². The van der Waals surface area contributed by atoms with Gasteiger partial charge >= 0.3 is 5.97 Å². The Balaban J connectivity index is 2.73. The van der Waals surface area contributed by atoms with Crippen molar-refractivity contribution in [1.29, 1.82) is 0 Å². The second kappa shape index (κ2) is 4.07. The lowest BCUT2D eigenvalue weighted by Crippen LogP contribution is -2.06. The van der Waals surface area contributed by atoms with E-state index in [4.69, 9.17) is 5.11 Å². The summed E-state index contributed by atoms with van der Waals surface area (Å²) in [5.74, 6) is -1.28. The Kier molecular flexibility index (Phi) is 3.06. The van der Waals surface area contributed by atoms with Crippen molar-refractivity contribution in [3.8, 4) is 0 Å². The minimum Gasteiger partial charge on any atom is -0.481 e. The molecule has 0 bridgehead atoms. The molecule has 1 unspecified atom stereocenters. The van der Waals surface area contributed by atoms with E-state index in [1.165, 1.54) is 0 Å². The smallest absolute Gasteiger partial charge is 0.310 e. The summed E-state index contributed by atoms with van der Waals surface area (Å²) in [6.45, 7) is 4.56. The van der Waals surface area contributed by atoms with Crippen molar-refractivity contribution in [2.45, 2.75) is 32.7 Å². The molecule has 0 aliphatic heterocycles. The number of aryl methyl sites for hydroxylation is 1. The van der Waals surface area contributed by atoms with Gasteiger partial charge in [0, 0.05) is 18.3 Å². The van der Waals surface area contributed by atoms with Gasteiger partial charge in [0.05, 0.1) is 12.1 Å². The number of hydrogen-bond acceptors (Lipinski definition) is 2. The molecule has 1 N–H and O–H groups in total. The summed E-state index contributed by atoms with van der Waals surface area (Å²) in [6.07, 6.45) is 4.42. The van der Waals surface area contributed by atoms with E-state index in [1.54, 1.807) is 24.0 Å². The molecule has 13 heavy (non-hydrogen) atoms. The van der Waals surface area contributed by atoms with Crippen LogP contribution in [0, 0.1) is 0 Å². The molecule has 1 atom stereocenters. The van der Waals surface area contributed by atoms with Gasteiger partial charge in [-0.3, -0.25) is 9.48 Å². The first-order valence-electron chi connectivity index (χ1n) is 4.40. The van der Waals surface area contributed by atoms with Gasteiger partial charge < -0.3 is 5.11 Å². The first-order chi connectivity index (χ1) is 6.15. The molecule has 1 aromatic heterocycles. The van der Waals surface area contributed by atoms with Gasteiger partial charge in [0.25, 0.3) is 0 Å². The Morgan fingerprint density at radius 2 is 2.46 bits per heavy atom. The van der Waals surface area contributed by atoms with Crippen LogP contribution in [0.5, 0.6) is 0 Å². The molecule has 0 amide bonds. The first-order valence-corrected chi connectivity index (χ1v) is 4.40. The molecule has 0 radical (unpaired) electrons. The maximum absolute atomic E-state index is 10.6. The molecule has 0 aliphatic rings. The van der Waals surface area contributed by atoms with Crippen molar-refractivity contribution >= 4 is 5.97 Å². The zero-order valence-electron chi connectivity index (χ0n) is 7.90. The molecule has 0 spiro atoms. The van der Waals surface area contributed by atoms with Gasteiger partial charge in [-0.15, -0.1) is 0 Å². The van der Waals surface area contributed by atoms with Crippen LogP contribution in [0.3, 0.4) is 0 Å². The fraction of sp³-hybridized carbons (Fsp3) is 0.556. The minimum absolute atomic E-state index is 0.467. The largest absolute Gasteiger partial charge is 0.481 e. The average molecular weight is 182 g/mol. The number of carbonyl (C=O) groups is 1. The van der Waals surface area contributed by atoms with Crippen LogP contribution in [0.1, 0.15) is 31.7 Å². The van der Waals surface area contributed by atoms with Crippen LogP contribution < -0.4 is 0 Å². The highest BCUT2D eigenvalue weighted by Gasteiger charge is 2.14. The summed E-state index contributed by atoms with van der Waals surface area (Å²) >= 11 is 0. The first kappa shape index (κ1) is 9.77. The van der Waals surface area contributed by atoms with Crippen molar-refractivity contribution in [3.05, 3.63) is 18.0 Å². The Morgan fingerprint density at radius 3 is 3.00 bits per heavy atom. The lowest BCUT2D eigenvalue weighted by molar-refractivity contribution is -0.138. The summed E-state index contributed by atoms with van der Waals surface area (Å²) in [5.41, 5.74) is 0.765. The molecule has 1 heterocycles. The number of aliphatic carboxylic acids is 1. The fourth-order valence-corrected chi connectivity index (χ4v) is 1.10. The monoisotopic (exact) mass is 182 g/mol. The summed E-state index contributed by atoms with van der Waals surface area (Å²) < 4.78 is 1.77. The lowest BCUT2D eigenvalue weighted by atomic mass is 10.1. The van der Waals surface area contributed by atoms with Gasteiger partial charge in [0.15, 0.2) is 0 Å². The van der Waals surface area contributed by atoms with E-state index in [1.807, 2.05) is 0 Å². The number of carboxylic acid groups (broad SMARTS) is 1. The molecule has 0 fully saturated rings. The minimum atomic E-state index is -0.809. The Bertz CT molecular complexity index is 294. The Hall–Kier alpha value is -1.32. The fourth-order valence-electron chi connectivity index (χ4n) is 1.10. The maximum atomic E-state index is 10.6. The third kappa shape index (κ3) is 2.31. The van der Waals surface area contributed by atoms with Gasteiger partial charge in [-0.05, 0) is 13.3 Å². The van der Waals surface area contributed by atoms with Crippen molar-refractivity contribution < 1.29 is 9.90 Å². The van der Waals surface area contributed by atoms with Crippen LogP contribution in [0.25, 0.3) is 0 Å². The molecule has 1 rings (SSSR count). The van der Waals surface area contributed by atoms with Gasteiger partial charge in [-0.25, -0.2) is 0 Å². The van der Waals surface area contributed by atoms with Gasteiger partial charge in [-0.2, -0.15) is 5.10 Å². The van der Waals surface area contributed by atoms with Crippen molar-refractivity contribution in [1.82, 2.24) is 9.78 Å². The number of carboxylic acids is 1.